The zero-order chi connectivity index (χ0) is 17.6. The molecular formula is C20H24Cl2N2O2. The average molecular weight is 395 g/mol. The van der Waals surface area contributed by atoms with Crippen molar-refractivity contribution in [1.82, 2.24) is 4.90 Å². The van der Waals surface area contributed by atoms with E-state index in [2.05, 4.69) is 12.1 Å². The van der Waals surface area contributed by atoms with Crippen LogP contribution in [-0.2, 0) is 4.79 Å². The largest absolute Gasteiger partial charge is 0.491 e. The van der Waals surface area contributed by atoms with Crippen LogP contribution in [0.1, 0.15) is 17.9 Å². The molecule has 0 unspecified atom stereocenters. The van der Waals surface area contributed by atoms with E-state index >= 15 is 0 Å². The number of likely N-dealkylation sites (tertiary alicyclic amines) is 1. The fourth-order valence-corrected chi connectivity index (χ4v) is 3.55. The van der Waals surface area contributed by atoms with E-state index in [1.165, 1.54) is 5.56 Å². The Morgan fingerprint density at radius 3 is 2.50 bits per heavy atom. The molecule has 0 aliphatic carbocycles. The molecule has 0 radical (unpaired) electrons. The maximum atomic E-state index is 12.5. The Labute approximate surface area is 165 Å². The number of halogens is 2. The lowest BCUT2D eigenvalue weighted by atomic mass is 9.89. The average Bonchev–Trinajstić information content (AvgIpc) is 3.08. The summed E-state index contributed by atoms with van der Waals surface area (Å²) in [7, 11) is 0. The summed E-state index contributed by atoms with van der Waals surface area (Å²) in [6.45, 7) is 2.33. The van der Waals surface area contributed by atoms with Crippen molar-refractivity contribution in [3.8, 4) is 5.75 Å². The Balaban J connectivity index is 0.00000243. The van der Waals surface area contributed by atoms with E-state index in [0.717, 1.165) is 6.54 Å². The Morgan fingerprint density at radius 2 is 1.81 bits per heavy atom. The van der Waals surface area contributed by atoms with Crippen LogP contribution in [0.25, 0.3) is 0 Å². The highest BCUT2D eigenvalue weighted by Crippen LogP contribution is 2.32. The number of carbonyl (C=O) groups excluding carboxylic acids is 1. The zero-order valence-electron chi connectivity index (χ0n) is 14.5. The van der Waals surface area contributed by atoms with E-state index in [1.807, 2.05) is 35.2 Å². The molecule has 0 saturated carbocycles. The topological polar surface area (TPSA) is 55.6 Å². The van der Waals surface area contributed by atoms with Crippen molar-refractivity contribution in [2.24, 2.45) is 11.7 Å². The molecule has 0 aromatic heterocycles. The second-order valence-electron chi connectivity index (χ2n) is 6.34. The van der Waals surface area contributed by atoms with Crippen molar-refractivity contribution in [1.29, 1.82) is 0 Å². The van der Waals surface area contributed by atoms with Gasteiger partial charge in [-0.15, -0.1) is 12.4 Å². The third-order valence-corrected chi connectivity index (χ3v) is 5.05. The van der Waals surface area contributed by atoms with E-state index < -0.39 is 0 Å². The van der Waals surface area contributed by atoms with Gasteiger partial charge in [0.25, 0.3) is 0 Å². The standard InChI is InChI=1S/C20H23ClN2O2.ClH/c21-18-8-4-5-9-19(18)25-11-10-20(24)23-13-16(12-22)17(14-23)15-6-2-1-3-7-15;/h1-9,16-17H,10-14,22H2;1H/t16-,17+;/m1./s1. The molecular weight excluding hydrogens is 371 g/mol. The SMILES string of the molecule is Cl.NC[C@@H]1CN(C(=O)CCOc2ccccc2Cl)C[C@H]1c1ccccc1. The molecule has 6 heteroatoms. The number of hydrogen-bond donors (Lipinski definition) is 1. The number of carbonyl (C=O) groups is 1. The summed E-state index contributed by atoms with van der Waals surface area (Å²) in [6.07, 6.45) is 0.337. The van der Waals surface area contributed by atoms with Crippen LogP contribution < -0.4 is 10.5 Å². The lowest BCUT2D eigenvalue weighted by Gasteiger charge is -2.17. The molecule has 1 aliphatic rings. The first-order valence-electron chi connectivity index (χ1n) is 8.59. The molecule has 4 nitrogen and oxygen atoms in total. The molecule has 1 fully saturated rings. The molecule has 1 aliphatic heterocycles. The van der Waals surface area contributed by atoms with Crippen molar-refractivity contribution < 1.29 is 9.53 Å². The number of rotatable bonds is 6. The molecule has 0 bridgehead atoms. The Kier molecular flexibility index (Phi) is 7.76. The first kappa shape index (κ1) is 20.6. The van der Waals surface area contributed by atoms with Gasteiger partial charge in [-0.05, 0) is 30.2 Å². The first-order valence-corrected chi connectivity index (χ1v) is 8.97. The summed E-state index contributed by atoms with van der Waals surface area (Å²) < 4.78 is 5.63. The minimum atomic E-state index is 0. The summed E-state index contributed by atoms with van der Waals surface area (Å²) in [5, 5.41) is 0.559. The molecule has 2 atom stereocenters. The summed E-state index contributed by atoms with van der Waals surface area (Å²) in [6, 6.07) is 17.6. The maximum Gasteiger partial charge on any atom is 0.226 e. The second-order valence-corrected chi connectivity index (χ2v) is 6.75. The number of para-hydroxylation sites is 1. The Hall–Kier alpha value is -1.75. The van der Waals surface area contributed by atoms with Gasteiger partial charge in [0.15, 0.2) is 0 Å². The number of nitrogens with zero attached hydrogens (tertiary/aromatic N) is 1. The van der Waals surface area contributed by atoms with Crippen LogP contribution in [-0.4, -0.2) is 37.0 Å². The van der Waals surface area contributed by atoms with E-state index in [1.54, 1.807) is 12.1 Å². The molecule has 0 spiro atoms. The molecule has 1 saturated heterocycles. The molecule has 1 amide bonds. The number of nitrogens with two attached hydrogens (primary N) is 1. The number of amides is 1. The summed E-state index contributed by atoms with van der Waals surface area (Å²) in [4.78, 5) is 14.4. The van der Waals surface area contributed by atoms with Gasteiger partial charge in [0.05, 0.1) is 18.1 Å². The van der Waals surface area contributed by atoms with Crippen LogP contribution in [0.5, 0.6) is 5.75 Å². The van der Waals surface area contributed by atoms with Crippen LogP contribution in [0, 0.1) is 5.92 Å². The quantitative estimate of drug-likeness (QED) is 0.811. The highest BCUT2D eigenvalue weighted by molar-refractivity contribution is 6.32. The van der Waals surface area contributed by atoms with Gasteiger partial charge in [-0.25, -0.2) is 0 Å². The summed E-state index contributed by atoms with van der Waals surface area (Å²) in [5.74, 6) is 1.32. The van der Waals surface area contributed by atoms with Crippen molar-refractivity contribution >= 4 is 29.9 Å². The van der Waals surface area contributed by atoms with Crippen LogP contribution in [0.2, 0.25) is 5.02 Å². The molecule has 3 rings (SSSR count). The molecule has 1 heterocycles. The predicted molar refractivity (Wildman–Crippen MR) is 107 cm³/mol. The van der Waals surface area contributed by atoms with E-state index in [0.29, 0.717) is 48.7 Å². The van der Waals surface area contributed by atoms with Gasteiger partial charge in [0.1, 0.15) is 5.75 Å². The minimum absolute atomic E-state index is 0. The van der Waals surface area contributed by atoms with Crippen molar-refractivity contribution in [2.75, 3.05) is 26.2 Å². The molecule has 140 valence electrons. The van der Waals surface area contributed by atoms with Gasteiger partial charge >= 0.3 is 0 Å². The normalized spacial score (nSPS) is 19.1. The molecule has 2 N–H and O–H groups in total. The van der Waals surface area contributed by atoms with Gasteiger partial charge in [-0.3, -0.25) is 4.79 Å². The molecule has 26 heavy (non-hydrogen) atoms. The number of benzene rings is 2. The Bertz CT molecular complexity index is 712. The maximum absolute atomic E-state index is 12.5. The first-order chi connectivity index (χ1) is 12.2. The van der Waals surface area contributed by atoms with Crippen LogP contribution in [0.4, 0.5) is 0 Å². The van der Waals surface area contributed by atoms with Crippen molar-refractivity contribution in [2.45, 2.75) is 12.3 Å². The second kappa shape index (κ2) is 9.81. The highest BCUT2D eigenvalue weighted by Gasteiger charge is 2.34. The predicted octanol–water partition coefficient (Wildman–Crippen LogP) is 3.73. The number of ether oxygens (including phenoxy) is 1. The van der Waals surface area contributed by atoms with Crippen LogP contribution in [0.15, 0.2) is 54.6 Å². The third kappa shape index (κ3) is 4.91. The molecule has 2 aromatic carbocycles. The van der Waals surface area contributed by atoms with Crippen LogP contribution in [0.3, 0.4) is 0 Å². The fourth-order valence-electron chi connectivity index (χ4n) is 3.36. The smallest absolute Gasteiger partial charge is 0.226 e. The third-order valence-electron chi connectivity index (χ3n) is 4.73. The van der Waals surface area contributed by atoms with Crippen molar-refractivity contribution in [3.63, 3.8) is 0 Å². The summed E-state index contributed by atoms with van der Waals surface area (Å²) in [5.41, 5.74) is 7.19. The van der Waals surface area contributed by atoms with Crippen molar-refractivity contribution in [3.05, 3.63) is 65.2 Å². The van der Waals surface area contributed by atoms with Gasteiger partial charge < -0.3 is 15.4 Å². The van der Waals surface area contributed by atoms with Crippen LogP contribution >= 0.6 is 24.0 Å². The lowest BCUT2D eigenvalue weighted by Crippen LogP contribution is -2.30. The Morgan fingerprint density at radius 1 is 1.12 bits per heavy atom. The fraction of sp³-hybridized carbons (Fsp3) is 0.350. The number of hydrogen-bond acceptors (Lipinski definition) is 3. The van der Waals surface area contributed by atoms with E-state index in [4.69, 9.17) is 22.1 Å². The van der Waals surface area contributed by atoms with Gasteiger partial charge in [0.2, 0.25) is 5.91 Å². The zero-order valence-corrected chi connectivity index (χ0v) is 16.1. The highest BCUT2D eigenvalue weighted by atomic mass is 35.5. The monoisotopic (exact) mass is 394 g/mol. The van der Waals surface area contributed by atoms with E-state index in [9.17, 15) is 4.79 Å². The van der Waals surface area contributed by atoms with Gasteiger partial charge in [0, 0.05) is 19.0 Å². The summed E-state index contributed by atoms with van der Waals surface area (Å²) >= 11 is 6.06. The molecule has 2 aromatic rings. The van der Waals surface area contributed by atoms with Gasteiger partial charge in [-0.2, -0.15) is 0 Å². The van der Waals surface area contributed by atoms with Gasteiger partial charge in [-0.1, -0.05) is 54.1 Å². The van der Waals surface area contributed by atoms with E-state index in [-0.39, 0.29) is 18.3 Å². The lowest BCUT2D eigenvalue weighted by molar-refractivity contribution is -0.130. The minimum Gasteiger partial charge on any atom is -0.491 e.